The van der Waals surface area contributed by atoms with Crippen molar-refractivity contribution in [1.82, 2.24) is 14.9 Å². The maximum atomic E-state index is 12.6. The summed E-state index contributed by atoms with van der Waals surface area (Å²) < 4.78 is 11.1. The van der Waals surface area contributed by atoms with Crippen molar-refractivity contribution < 1.29 is 14.3 Å². The molecule has 0 aliphatic carbocycles. The van der Waals surface area contributed by atoms with Gasteiger partial charge in [-0.3, -0.25) is 9.59 Å². The number of carbonyl (C=O) groups excluding carboxylic acids is 1. The molecule has 3 rings (SSSR count). The largest absolute Gasteiger partial charge is 0.494 e. The minimum absolute atomic E-state index is 0.0216. The lowest BCUT2D eigenvalue weighted by Gasteiger charge is -2.20. The fraction of sp³-hybridized carbons (Fsp3) is 0.348. The highest BCUT2D eigenvalue weighted by atomic mass is 35.5. The summed E-state index contributed by atoms with van der Waals surface area (Å²) in [5.74, 6) is 1.94. The van der Waals surface area contributed by atoms with Gasteiger partial charge in [-0.2, -0.15) is 0 Å². The lowest BCUT2D eigenvalue weighted by molar-refractivity contribution is -0.131. The number of hydrogen-bond donors (Lipinski definition) is 1. The number of nitrogens with one attached hydrogen (secondary N) is 1. The van der Waals surface area contributed by atoms with E-state index in [0.717, 1.165) is 11.5 Å². The van der Waals surface area contributed by atoms with Crippen molar-refractivity contribution in [2.75, 3.05) is 19.8 Å². The Hall–Kier alpha value is -3.06. The molecule has 1 amide bonds. The van der Waals surface area contributed by atoms with Crippen LogP contribution in [0.15, 0.2) is 47.3 Å². The van der Waals surface area contributed by atoms with Crippen molar-refractivity contribution in [3.05, 3.63) is 63.7 Å². The number of carbonyl (C=O) groups is 1. The van der Waals surface area contributed by atoms with E-state index in [1.54, 1.807) is 23.1 Å². The van der Waals surface area contributed by atoms with Crippen molar-refractivity contribution in [3.63, 3.8) is 0 Å². The molecule has 164 valence electrons. The van der Waals surface area contributed by atoms with E-state index in [1.807, 2.05) is 38.1 Å². The molecule has 7 nitrogen and oxygen atoms in total. The zero-order valence-corrected chi connectivity index (χ0v) is 18.4. The predicted octanol–water partition coefficient (Wildman–Crippen LogP) is 4.18. The SMILES string of the molecule is CCOc1ccc(OCCCC(=O)N(CC)Cc2nc3cc(Cl)ccc3c(=O)[nH]2)cc1. The Balaban J connectivity index is 1.53. The van der Waals surface area contributed by atoms with E-state index in [2.05, 4.69) is 9.97 Å². The average molecular weight is 444 g/mol. The average Bonchev–Trinajstić information content (AvgIpc) is 2.76. The van der Waals surface area contributed by atoms with Crippen LogP contribution in [-0.2, 0) is 11.3 Å². The van der Waals surface area contributed by atoms with Crippen LogP contribution in [0.25, 0.3) is 10.9 Å². The zero-order valence-electron chi connectivity index (χ0n) is 17.7. The number of H-pyrrole nitrogens is 1. The van der Waals surface area contributed by atoms with Crippen LogP contribution >= 0.6 is 11.6 Å². The molecular weight excluding hydrogens is 418 g/mol. The number of aromatic amines is 1. The van der Waals surface area contributed by atoms with Crippen molar-refractivity contribution in [3.8, 4) is 11.5 Å². The lowest BCUT2D eigenvalue weighted by atomic mass is 10.2. The third kappa shape index (κ3) is 6.21. The molecule has 1 aromatic heterocycles. The first-order valence-corrected chi connectivity index (χ1v) is 10.7. The molecule has 8 heteroatoms. The monoisotopic (exact) mass is 443 g/mol. The van der Waals surface area contributed by atoms with Gasteiger partial charge >= 0.3 is 0 Å². The Morgan fingerprint density at radius 3 is 2.48 bits per heavy atom. The molecule has 0 spiro atoms. The molecule has 31 heavy (non-hydrogen) atoms. The normalized spacial score (nSPS) is 10.8. The maximum absolute atomic E-state index is 12.6. The number of benzene rings is 2. The Morgan fingerprint density at radius 1 is 1.10 bits per heavy atom. The second-order valence-electron chi connectivity index (χ2n) is 6.94. The van der Waals surface area contributed by atoms with Crippen LogP contribution in [-0.4, -0.2) is 40.5 Å². The van der Waals surface area contributed by atoms with Gasteiger partial charge in [0.05, 0.1) is 30.7 Å². The summed E-state index contributed by atoms with van der Waals surface area (Å²) >= 11 is 6.01. The Bertz CT molecular complexity index is 1080. The first-order chi connectivity index (χ1) is 15.0. The van der Waals surface area contributed by atoms with E-state index in [9.17, 15) is 9.59 Å². The van der Waals surface area contributed by atoms with Gasteiger partial charge in [-0.15, -0.1) is 0 Å². The summed E-state index contributed by atoms with van der Waals surface area (Å²) in [5.41, 5.74) is 0.266. The molecule has 0 bridgehead atoms. The third-order valence-corrected chi connectivity index (χ3v) is 4.97. The van der Waals surface area contributed by atoms with Gasteiger partial charge in [0.1, 0.15) is 17.3 Å². The van der Waals surface area contributed by atoms with Gasteiger partial charge in [-0.1, -0.05) is 11.6 Å². The first-order valence-electron chi connectivity index (χ1n) is 10.3. The van der Waals surface area contributed by atoms with E-state index in [4.69, 9.17) is 21.1 Å². The number of fused-ring (bicyclic) bond motifs is 1. The fourth-order valence-electron chi connectivity index (χ4n) is 3.16. The minimum atomic E-state index is -0.246. The van der Waals surface area contributed by atoms with Crippen molar-refractivity contribution in [2.24, 2.45) is 0 Å². The highest BCUT2D eigenvalue weighted by Gasteiger charge is 2.14. The number of halogens is 1. The summed E-state index contributed by atoms with van der Waals surface area (Å²) in [6, 6.07) is 12.3. The molecule has 0 fully saturated rings. The third-order valence-electron chi connectivity index (χ3n) is 4.73. The molecule has 0 aliphatic rings. The molecule has 0 radical (unpaired) electrons. The Labute approximate surface area is 186 Å². The van der Waals surface area contributed by atoms with Gasteiger partial charge < -0.3 is 19.4 Å². The van der Waals surface area contributed by atoms with Gasteiger partial charge in [0.25, 0.3) is 5.56 Å². The van der Waals surface area contributed by atoms with E-state index >= 15 is 0 Å². The zero-order chi connectivity index (χ0) is 22.2. The van der Waals surface area contributed by atoms with Crippen LogP contribution in [0, 0.1) is 0 Å². The molecule has 0 saturated carbocycles. The van der Waals surface area contributed by atoms with Crippen LogP contribution in [0.2, 0.25) is 5.02 Å². The van der Waals surface area contributed by atoms with Gasteiger partial charge in [-0.25, -0.2) is 4.98 Å². The summed E-state index contributed by atoms with van der Waals surface area (Å²) in [6.45, 7) is 5.62. The number of amides is 1. The molecular formula is C23H26ClN3O4. The first kappa shape index (κ1) is 22.6. The van der Waals surface area contributed by atoms with E-state index in [1.165, 1.54) is 0 Å². The molecule has 1 N–H and O–H groups in total. The second kappa shape index (κ2) is 10.8. The van der Waals surface area contributed by atoms with Crippen LogP contribution in [0.5, 0.6) is 11.5 Å². The number of rotatable bonds is 10. The summed E-state index contributed by atoms with van der Waals surface area (Å²) in [4.78, 5) is 33.8. The number of hydrogen-bond acceptors (Lipinski definition) is 5. The molecule has 3 aromatic rings. The highest BCUT2D eigenvalue weighted by molar-refractivity contribution is 6.31. The second-order valence-corrected chi connectivity index (χ2v) is 7.37. The van der Waals surface area contributed by atoms with E-state index in [0.29, 0.717) is 54.4 Å². The Morgan fingerprint density at radius 2 is 1.81 bits per heavy atom. The van der Waals surface area contributed by atoms with Crippen molar-refractivity contribution in [1.29, 1.82) is 0 Å². The Kier molecular flexibility index (Phi) is 7.89. The fourth-order valence-corrected chi connectivity index (χ4v) is 3.33. The maximum Gasteiger partial charge on any atom is 0.258 e. The van der Waals surface area contributed by atoms with Gasteiger partial charge in [0, 0.05) is 18.0 Å². The molecule has 0 atom stereocenters. The predicted molar refractivity (Wildman–Crippen MR) is 121 cm³/mol. The number of ether oxygens (including phenoxy) is 2. The molecule has 2 aromatic carbocycles. The quantitative estimate of drug-likeness (QED) is 0.475. The highest BCUT2D eigenvalue weighted by Crippen LogP contribution is 2.18. The summed E-state index contributed by atoms with van der Waals surface area (Å²) in [7, 11) is 0. The molecule has 0 unspecified atom stereocenters. The summed E-state index contributed by atoms with van der Waals surface area (Å²) in [6.07, 6.45) is 0.925. The number of aromatic nitrogens is 2. The van der Waals surface area contributed by atoms with Crippen LogP contribution in [0.4, 0.5) is 0 Å². The molecule has 0 aliphatic heterocycles. The molecule has 0 saturated heterocycles. The van der Waals surface area contributed by atoms with Crippen LogP contribution in [0.3, 0.4) is 0 Å². The van der Waals surface area contributed by atoms with Gasteiger partial charge in [0.2, 0.25) is 5.91 Å². The standard InChI is InChI=1S/C23H26ClN3O4/c1-3-27(15-21-25-20-14-16(24)7-12-19(20)23(29)26-21)22(28)6-5-13-31-18-10-8-17(9-11-18)30-4-2/h7-12,14H,3-6,13,15H2,1-2H3,(H,25,26,29). The van der Waals surface area contributed by atoms with E-state index in [-0.39, 0.29) is 18.0 Å². The van der Waals surface area contributed by atoms with E-state index < -0.39 is 0 Å². The smallest absolute Gasteiger partial charge is 0.258 e. The van der Waals surface area contributed by atoms with Gasteiger partial charge in [-0.05, 0) is 62.7 Å². The lowest BCUT2D eigenvalue weighted by Crippen LogP contribution is -2.32. The van der Waals surface area contributed by atoms with Crippen molar-refractivity contribution >= 4 is 28.4 Å². The topological polar surface area (TPSA) is 84.5 Å². The van der Waals surface area contributed by atoms with Crippen LogP contribution in [0.1, 0.15) is 32.5 Å². The molecule has 1 heterocycles. The minimum Gasteiger partial charge on any atom is -0.494 e. The van der Waals surface area contributed by atoms with Crippen LogP contribution < -0.4 is 15.0 Å². The van der Waals surface area contributed by atoms with Crippen molar-refractivity contribution in [2.45, 2.75) is 33.2 Å². The van der Waals surface area contributed by atoms with Gasteiger partial charge in [0.15, 0.2) is 0 Å². The number of nitrogens with zero attached hydrogens (tertiary/aromatic N) is 2. The summed E-state index contributed by atoms with van der Waals surface area (Å²) in [5, 5.41) is 0.974.